The summed E-state index contributed by atoms with van der Waals surface area (Å²) < 4.78 is 5.36. The van der Waals surface area contributed by atoms with Crippen LogP contribution in [-0.4, -0.2) is 24.9 Å². The second kappa shape index (κ2) is 4.92. The van der Waals surface area contributed by atoms with E-state index in [2.05, 4.69) is 0 Å². The highest BCUT2D eigenvalue weighted by molar-refractivity contribution is 6.33. The summed E-state index contributed by atoms with van der Waals surface area (Å²) in [5, 5.41) is 10.9. The molecule has 1 atom stereocenters. The molecule has 1 aliphatic rings. The largest absolute Gasteiger partial charge is 0.396 e. The Morgan fingerprint density at radius 3 is 2.81 bits per heavy atom. The summed E-state index contributed by atoms with van der Waals surface area (Å²) in [7, 11) is 0. The maximum Gasteiger partial charge on any atom is 0.0548 e. The van der Waals surface area contributed by atoms with E-state index >= 15 is 0 Å². The molecule has 16 heavy (non-hydrogen) atoms. The average Bonchev–Trinajstić information content (AvgIpc) is 2.73. The van der Waals surface area contributed by atoms with Gasteiger partial charge < -0.3 is 9.84 Å². The summed E-state index contributed by atoms with van der Waals surface area (Å²) >= 11 is 12.1. The molecule has 0 spiro atoms. The molecule has 0 bridgehead atoms. The number of aliphatic hydroxyl groups is 1. The van der Waals surface area contributed by atoms with Gasteiger partial charge in [-0.05, 0) is 36.6 Å². The fourth-order valence-corrected chi connectivity index (χ4v) is 2.43. The highest BCUT2D eigenvalue weighted by Gasteiger charge is 2.34. The molecule has 2 rings (SSSR count). The second-order valence-electron chi connectivity index (χ2n) is 4.37. The zero-order valence-corrected chi connectivity index (χ0v) is 10.4. The fourth-order valence-electron chi connectivity index (χ4n) is 2.05. The molecule has 1 N–H and O–H groups in total. The Hall–Kier alpha value is -0.280. The number of ether oxygens (including phenoxy) is 1. The third-order valence-corrected chi connectivity index (χ3v) is 3.70. The summed E-state index contributed by atoms with van der Waals surface area (Å²) in [4.78, 5) is 0. The van der Waals surface area contributed by atoms with Gasteiger partial charge in [0, 0.05) is 22.1 Å². The standard InChI is InChI=1S/C12H14Cl2O2/c13-10-1-2-11(14)9(5-10)6-12(7-15)3-4-16-8-12/h1-2,5,15H,3-4,6-8H2. The van der Waals surface area contributed by atoms with Gasteiger partial charge in [-0.3, -0.25) is 0 Å². The minimum absolute atomic E-state index is 0.121. The Morgan fingerprint density at radius 1 is 1.38 bits per heavy atom. The van der Waals surface area contributed by atoms with Crippen molar-refractivity contribution in [2.24, 2.45) is 5.41 Å². The Balaban J connectivity index is 2.21. The van der Waals surface area contributed by atoms with Gasteiger partial charge >= 0.3 is 0 Å². The molecule has 1 unspecified atom stereocenters. The first kappa shape index (κ1) is 12.2. The van der Waals surface area contributed by atoms with Gasteiger partial charge in [0.25, 0.3) is 0 Å². The molecule has 88 valence electrons. The summed E-state index contributed by atoms with van der Waals surface area (Å²) in [5.41, 5.74) is 0.794. The van der Waals surface area contributed by atoms with Gasteiger partial charge in [-0.1, -0.05) is 23.2 Å². The van der Waals surface area contributed by atoms with Crippen LogP contribution in [0.4, 0.5) is 0 Å². The van der Waals surface area contributed by atoms with Crippen molar-refractivity contribution in [1.82, 2.24) is 0 Å². The predicted molar refractivity (Wildman–Crippen MR) is 65.1 cm³/mol. The quantitative estimate of drug-likeness (QED) is 0.906. The number of benzene rings is 1. The van der Waals surface area contributed by atoms with E-state index in [0.29, 0.717) is 29.7 Å². The zero-order chi connectivity index (χ0) is 11.6. The van der Waals surface area contributed by atoms with Crippen LogP contribution in [0.5, 0.6) is 0 Å². The molecular weight excluding hydrogens is 247 g/mol. The van der Waals surface area contributed by atoms with Crippen LogP contribution in [0.1, 0.15) is 12.0 Å². The number of hydrogen-bond donors (Lipinski definition) is 1. The second-order valence-corrected chi connectivity index (χ2v) is 5.22. The molecule has 2 nitrogen and oxygen atoms in total. The molecule has 0 radical (unpaired) electrons. The Morgan fingerprint density at radius 2 is 2.19 bits per heavy atom. The van der Waals surface area contributed by atoms with E-state index in [4.69, 9.17) is 27.9 Å². The van der Waals surface area contributed by atoms with Gasteiger partial charge in [0.15, 0.2) is 0 Å². The van der Waals surface area contributed by atoms with E-state index in [0.717, 1.165) is 12.0 Å². The predicted octanol–water partition coefficient (Wildman–Crippen LogP) is 2.93. The first-order chi connectivity index (χ1) is 7.65. The van der Waals surface area contributed by atoms with Crippen LogP contribution in [0, 0.1) is 5.41 Å². The van der Waals surface area contributed by atoms with Gasteiger partial charge in [-0.2, -0.15) is 0 Å². The van der Waals surface area contributed by atoms with Crippen molar-refractivity contribution < 1.29 is 9.84 Å². The van der Waals surface area contributed by atoms with Crippen molar-refractivity contribution in [2.45, 2.75) is 12.8 Å². The zero-order valence-electron chi connectivity index (χ0n) is 8.88. The molecule has 0 amide bonds. The molecule has 1 aliphatic heterocycles. The van der Waals surface area contributed by atoms with Gasteiger partial charge in [0.05, 0.1) is 13.2 Å². The lowest BCUT2D eigenvalue weighted by Crippen LogP contribution is -2.28. The lowest BCUT2D eigenvalue weighted by molar-refractivity contribution is 0.0935. The Bertz CT molecular complexity index is 373. The van der Waals surface area contributed by atoms with Crippen molar-refractivity contribution >= 4 is 23.2 Å². The van der Waals surface area contributed by atoms with Crippen molar-refractivity contribution in [1.29, 1.82) is 0 Å². The Labute approximate surface area is 105 Å². The minimum Gasteiger partial charge on any atom is -0.396 e. The molecule has 1 aromatic carbocycles. The van der Waals surface area contributed by atoms with Crippen LogP contribution in [0.25, 0.3) is 0 Å². The van der Waals surface area contributed by atoms with Crippen molar-refractivity contribution in [2.75, 3.05) is 19.8 Å². The van der Waals surface area contributed by atoms with Gasteiger partial charge in [0.2, 0.25) is 0 Å². The molecule has 4 heteroatoms. The highest BCUT2D eigenvalue weighted by atomic mass is 35.5. The molecule has 0 aromatic heterocycles. The van der Waals surface area contributed by atoms with Crippen molar-refractivity contribution in [3.05, 3.63) is 33.8 Å². The molecule has 0 aliphatic carbocycles. The molecule has 1 heterocycles. The van der Waals surface area contributed by atoms with Crippen molar-refractivity contribution in [3.8, 4) is 0 Å². The maximum atomic E-state index is 9.48. The van der Waals surface area contributed by atoms with E-state index in [9.17, 15) is 5.11 Å². The van der Waals surface area contributed by atoms with E-state index < -0.39 is 0 Å². The third-order valence-electron chi connectivity index (χ3n) is 3.09. The van der Waals surface area contributed by atoms with Gasteiger partial charge in [-0.15, -0.1) is 0 Å². The van der Waals surface area contributed by atoms with Crippen LogP contribution in [0.3, 0.4) is 0 Å². The van der Waals surface area contributed by atoms with E-state index in [1.54, 1.807) is 12.1 Å². The van der Waals surface area contributed by atoms with E-state index in [-0.39, 0.29) is 12.0 Å². The maximum absolute atomic E-state index is 9.48. The topological polar surface area (TPSA) is 29.5 Å². The first-order valence-electron chi connectivity index (χ1n) is 5.28. The monoisotopic (exact) mass is 260 g/mol. The normalized spacial score (nSPS) is 24.9. The van der Waals surface area contributed by atoms with Crippen LogP contribution >= 0.6 is 23.2 Å². The first-order valence-corrected chi connectivity index (χ1v) is 6.03. The van der Waals surface area contributed by atoms with Crippen LogP contribution in [0.15, 0.2) is 18.2 Å². The van der Waals surface area contributed by atoms with Crippen LogP contribution in [-0.2, 0) is 11.2 Å². The fraction of sp³-hybridized carbons (Fsp3) is 0.500. The molecule has 0 saturated carbocycles. The third kappa shape index (κ3) is 2.51. The molecule has 1 saturated heterocycles. The molecular formula is C12H14Cl2O2. The SMILES string of the molecule is OCC1(Cc2cc(Cl)ccc2Cl)CCOC1. The van der Waals surface area contributed by atoms with Gasteiger partial charge in [-0.25, -0.2) is 0 Å². The highest BCUT2D eigenvalue weighted by Crippen LogP contribution is 2.35. The average molecular weight is 261 g/mol. The Kier molecular flexibility index (Phi) is 3.75. The summed E-state index contributed by atoms with van der Waals surface area (Å²) in [5.74, 6) is 0. The lowest BCUT2D eigenvalue weighted by Gasteiger charge is -2.25. The minimum atomic E-state index is -0.186. The number of hydrogen-bond acceptors (Lipinski definition) is 2. The van der Waals surface area contributed by atoms with Crippen molar-refractivity contribution in [3.63, 3.8) is 0 Å². The van der Waals surface area contributed by atoms with Crippen LogP contribution in [0.2, 0.25) is 10.0 Å². The van der Waals surface area contributed by atoms with Gasteiger partial charge in [0.1, 0.15) is 0 Å². The smallest absolute Gasteiger partial charge is 0.0548 e. The van der Waals surface area contributed by atoms with Crippen LogP contribution < -0.4 is 0 Å². The van der Waals surface area contributed by atoms with E-state index in [1.165, 1.54) is 0 Å². The number of aliphatic hydroxyl groups excluding tert-OH is 1. The molecule has 1 aromatic rings. The number of halogens is 2. The van der Waals surface area contributed by atoms with E-state index in [1.807, 2.05) is 6.07 Å². The summed E-state index contributed by atoms with van der Waals surface area (Å²) in [6.45, 7) is 1.42. The molecule has 1 fully saturated rings. The lowest BCUT2D eigenvalue weighted by atomic mass is 9.82. The summed E-state index contributed by atoms with van der Waals surface area (Å²) in [6, 6.07) is 5.42. The number of rotatable bonds is 3. The summed E-state index contributed by atoms with van der Waals surface area (Å²) in [6.07, 6.45) is 1.58.